The predicted molar refractivity (Wildman–Crippen MR) is 79.2 cm³/mol. The summed E-state index contributed by atoms with van der Waals surface area (Å²) in [6, 6.07) is 6.91. The van der Waals surface area contributed by atoms with Gasteiger partial charge in [-0.3, -0.25) is 11.3 Å². The number of hydrogen-bond acceptors (Lipinski definition) is 2. The Morgan fingerprint density at radius 1 is 1.26 bits per heavy atom. The molecule has 3 N–H and O–H groups in total. The molecule has 1 aromatic rings. The lowest BCUT2D eigenvalue weighted by Gasteiger charge is -2.36. The van der Waals surface area contributed by atoms with Crippen LogP contribution in [0.5, 0.6) is 0 Å². The molecule has 1 aromatic carbocycles. The van der Waals surface area contributed by atoms with Gasteiger partial charge in [0.1, 0.15) is 5.82 Å². The lowest BCUT2D eigenvalue weighted by Crippen LogP contribution is -2.49. The molecule has 0 bridgehead atoms. The Labute approximate surface area is 116 Å². The molecule has 0 radical (unpaired) electrons. The lowest BCUT2D eigenvalue weighted by atomic mass is 9.74. The molecule has 0 aliphatic rings. The fourth-order valence-corrected chi connectivity index (χ4v) is 2.66. The minimum atomic E-state index is -0.198. The molecule has 0 aliphatic carbocycles. The Bertz CT molecular complexity index is 373. The first-order valence-electron chi connectivity index (χ1n) is 7.14. The first-order valence-corrected chi connectivity index (χ1v) is 7.14. The zero-order chi connectivity index (χ0) is 14.5. The van der Waals surface area contributed by atoms with Gasteiger partial charge in [-0.15, -0.1) is 0 Å². The molecule has 0 amide bonds. The van der Waals surface area contributed by atoms with E-state index < -0.39 is 0 Å². The summed E-state index contributed by atoms with van der Waals surface area (Å²) in [7, 11) is 0. The van der Waals surface area contributed by atoms with Gasteiger partial charge in [0, 0.05) is 11.5 Å². The third-order valence-electron chi connectivity index (χ3n) is 4.08. The van der Waals surface area contributed by atoms with E-state index in [1.54, 1.807) is 0 Å². The molecule has 0 heterocycles. The van der Waals surface area contributed by atoms with E-state index in [9.17, 15) is 4.39 Å². The lowest BCUT2D eigenvalue weighted by molar-refractivity contribution is 0.282. The fourth-order valence-electron chi connectivity index (χ4n) is 2.66. The number of benzene rings is 1. The molecular weight excluding hydrogens is 239 g/mol. The SMILES string of the molecule is CCCC(C)CC(NN)C(C)(C)c1ccc(F)cc1. The van der Waals surface area contributed by atoms with Gasteiger partial charge in [-0.2, -0.15) is 0 Å². The van der Waals surface area contributed by atoms with Crippen LogP contribution in [0.2, 0.25) is 0 Å². The number of hydrogen-bond donors (Lipinski definition) is 2. The monoisotopic (exact) mass is 266 g/mol. The van der Waals surface area contributed by atoms with E-state index in [4.69, 9.17) is 5.84 Å². The molecule has 0 aromatic heterocycles. The van der Waals surface area contributed by atoms with Crippen LogP contribution < -0.4 is 11.3 Å². The van der Waals surface area contributed by atoms with Gasteiger partial charge in [0.05, 0.1) is 0 Å². The number of nitrogens with two attached hydrogens (primary N) is 1. The summed E-state index contributed by atoms with van der Waals surface area (Å²) in [5.41, 5.74) is 3.94. The maximum atomic E-state index is 13.0. The minimum Gasteiger partial charge on any atom is -0.271 e. The molecule has 0 aliphatic heterocycles. The van der Waals surface area contributed by atoms with E-state index in [2.05, 4.69) is 33.1 Å². The molecular formula is C16H27FN2. The van der Waals surface area contributed by atoms with Crippen molar-refractivity contribution in [2.75, 3.05) is 0 Å². The van der Waals surface area contributed by atoms with E-state index in [1.165, 1.54) is 25.0 Å². The Morgan fingerprint density at radius 3 is 2.32 bits per heavy atom. The van der Waals surface area contributed by atoms with Gasteiger partial charge in [0.2, 0.25) is 0 Å². The second kappa shape index (κ2) is 7.01. The highest BCUT2D eigenvalue weighted by Gasteiger charge is 2.31. The summed E-state index contributed by atoms with van der Waals surface area (Å²) in [6.07, 6.45) is 3.42. The Morgan fingerprint density at radius 2 is 1.84 bits per heavy atom. The van der Waals surface area contributed by atoms with Crippen LogP contribution in [0.3, 0.4) is 0 Å². The third-order valence-corrected chi connectivity index (χ3v) is 4.08. The number of halogens is 1. The van der Waals surface area contributed by atoms with Gasteiger partial charge in [-0.05, 0) is 30.0 Å². The molecule has 108 valence electrons. The van der Waals surface area contributed by atoms with Gasteiger partial charge < -0.3 is 0 Å². The third kappa shape index (κ3) is 4.29. The van der Waals surface area contributed by atoms with E-state index in [0.29, 0.717) is 5.92 Å². The van der Waals surface area contributed by atoms with Crippen molar-refractivity contribution in [3.63, 3.8) is 0 Å². The number of hydrazine groups is 1. The highest BCUT2D eigenvalue weighted by Crippen LogP contribution is 2.31. The van der Waals surface area contributed by atoms with E-state index in [1.807, 2.05) is 12.1 Å². The Kier molecular flexibility index (Phi) is 5.95. The molecule has 0 saturated carbocycles. The molecule has 0 fully saturated rings. The average Bonchev–Trinajstić information content (AvgIpc) is 2.36. The highest BCUT2D eigenvalue weighted by atomic mass is 19.1. The molecule has 3 heteroatoms. The van der Waals surface area contributed by atoms with Gasteiger partial charge >= 0.3 is 0 Å². The quantitative estimate of drug-likeness (QED) is 0.582. The van der Waals surface area contributed by atoms with Crippen molar-refractivity contribution < 1.29 is 4.39 Å². The van der Waals surface area contributed by atoms with Gasteiger partial charge in [-0.25, -0.2) is 4.39 Å². The first kappa shape index (κ1) is 16.1. The second-order valence-corrected chi connectivity index (χ2v) is 6.08. The summed E-state index contributed by atoms with van der Waals surface area (Å²) >= 11 is 0. The summed E-state index contributed by atoms with van der Waals surface area (Å²) < 4.78 is 13.0. The van der Waals surface area contributed by atoms with Crippen molar-refractivity contribution in [1.29, 1.82) is 0 Å². The van der Waals surface area contributed by atoms with Gasteiger partial charge in [-0.1, -0.05) is 52.7 Å². The number of nitrogens with one attached hydrogen (secondary N) is 1. The van der Waals surface area contributed by atoms with E-state index in [-0.39, 0.29) is 17.3 Å². The maximum Gasteiger partial charge on any atom is 0.123 e. The van der Waals surface area contributed by atoms with Crippen LogP contribution in [0.4, 0.5) is 4.39 Å². The van der Waals surface area contributed by atoms with Crippen LogP contribution in [0, 0.1) is 11.7 Å². The molecule has 1 rings (SSSR count). The molecule has 2 nitrogen and oxygen atoms in total. The van der Waals surface area contributed by atoms with Crippen molar-refractivity contribution in [3.05, 3.63) is 35.6 Å². The molecule has 2 unspecified atom stereocenters. The maximum absolute atomic E-state index is 13.0. The van der Waals surface area contributed by atoms with Crippen LogP contribution in [-0.4, -0.2) is 6.04 Å². The van der Waals surface area contributed by atoms with Gasteiger partial charge in [0.15, 0.2) is 0 Å². The minimum absolute atomic E-state index is 0.121. The normalized spacial score (nSPS) is 15.3. The van der Waals surface area contributed by atoms with Crippen molar-refractivity contribution in [3.8, 4) is 0 Å². The standard InChI is InChI=1S/C16H27FN2/c1-5-6-12(2)11-15(19-18)16(3,4)13-7-9-14(17)10-8-13/h7-10,12,15,19H,5-6,11,18H2,1-4H3. The van der Waals surface area contributed by atoms with E-state index in [0.717, 1.165) is 12.0 Å². The Balaban J connectivity index is 2.85. The summed E-state index contributed by atoms with van der Waals surface area (Å²) in [5.74, 6) is 6.18. The second-order valence-electron chi connectivity index (χ2n) is 6.08. The molecule has 19 heavy (non-hydrogen) atoms. The summed E-state index contributed by atoms with van der Waals surface area (Å²) in [5, 5.41) is 0. The highest BCUT2D eigenvalue weighted by molar-refractivity contribution is 5.26. The number of rotatable bonds is 7. The largest absolute Gasteiger partial charge is 0.271 e. The Hall–Kier alpha value is -0.930. The zero-order valence-corrected chi connectivity index (χ0v) is 12.5. The molecule has 2 atom stereocenters. The smallest absolute Gasteiger partial charge is 0.123 e. The van der Waals surface area contributed by atoms with Crippen LogP contribution in [0.15, 0.2) is 24.3 Å². The van der Waals surface area contributed by atoms with Crippen molar-refractivity contribution in [1.82, 2.24) is 5.43 Å². The van der Waals surface area contributed by atoms with Crippen LogP contribution in [0.1, 0.15) is 52.5 Å². The van der Waals surface area contributed by atoms with Gasteiger partial charge in [0.25, 0.3) is 0 Å². The molecule has 0 spiro atoms. The zero-order valence-electron chi connectivity index (χ0n) is 12.5. The van der Waals surface area contributed by atoms with Crippen molar-refractivity contribution in [2.24, 2.45) is 11.8 Å². The summed E-state index contributed by atoms with van der Waals surface area (Å²) in [4.78, 5) is 0. The first-order chi connectivity index (χ1) is 8.91. The van der Waals surface area contributed by atoms with Crippen LogP contribution in [-0.2, 0) is 5.41 Å². The van der Waals surface area contributed by atoms with Crippen molar-refractivity contribution in [2.45, 2.75) is 58.4 Å². The van der Waals surface area contributed by atoms with Crippen LogP contribution in [0.25, 0.3) is 0 Å². The fraction of sp³-hybridized carbons (Fsp3) is 0.625. The average molecular weight is 266 g/mol. The van der Waals surface area contributed by atoms with Crippen molar-refractivity contribution >= 4 is 0 Å². The van der Waals surface area contributed by atoms with E-state index >= 15 is 0 Å². The molecule has 0 saturated heterocycles. The summed E-state index contributed by atoms with van der Waals surface area (Å²) in [6.45, 7) is 8.77. The van der Waals surface area contributed by atoms with Crippen LogP contribution >= 0.6 is 0 Å². The topological polar surface area (TPSA) is 38.0 Å². The predicted octanol–water partition coefficient (Wildman–Crippen LogP) is 3.76.